The summed E-state index contributed by atoms with van der Waals surface area (Å²) in [6.45, 7) is 23.5. The molecule has 0 spiro atoms. The molecule has 2 heteroatoms. The average Bonchev–Trinajstić information content (AvgIpc) is 2.09. The molecule has 0 aliphatic rings. The molecule has 0 aromatic carbocycles. The Morgan fingerprint density at radius 1 is 1.00 bits per heavy atom. The lowest BCUT2D eigenvalue weighted by Gasteiger charge is -2.45. The van der Waals surface area contributed by atoms with E-state index in [1.165, 1.54) is 18.5 Å². The summed E-state index contributed by atoms with van der Waals surface area (Å²) in [5.41, 5.74) is 1.90. The van der Waals surface area contributed by atoms with Gasteiger partial charge in [-0.05, 0) is 60.7 Å². The first-order chi connectivity index (χ1) is 8.29. The quantitative estimate of drug-likeness (QED) is 0.567. The third-order valence-corrected chi connectivity index (χ3v) is 6.85. The zero-order chi connectivity index (χ0) is 15.5. The van der Waals surface area contributed by atoms with Crippen molar-refractivity contribution in [1.82, 2.24) is 4.90 Å². The molecule has 0 fully saturated rings. The van der Waals surface area contributed by atoms with Gasteiger partial charge in [0.15, 0.2) is 0 Å². The normalized spacial score (nSPS) is 14.7. The van der Waals surface area contributed by atoms with Crippen LogP contribution in [0.15, 0.2) is 11.8 Å². The van der Waals surface area contributed by atoms with E-state index < -0.39 is 8.07 Å². The number of nitrogens with zero attached hydrogens (tertiary/aromatic N) is 1. The maximum absolute atomic E-state index is 2.52. The van der Waals surface area contributed by atoms with Crippen LogP contribution in [0.5, 0.6) is 0 Å². The van der Waals surface area contributed by atoms with Crippen molar-refractivity contribution < 1.29 is 0 Å². The summed E-state index contributed by atoms with van der Waals surface area (Å²) in [5, 5.41) is 0. The second-order valence-corrected chi connectivity index (χ2v) is 14.0. The SMILES string of the molecule is CCC[Si](C)(C)CC(C)=CN(C(C)(C)C)C(C)(C)C. The van der Waals surface area contributed by atoms with E-state index in [2.05, 4.69) is 79.6 Å². The minimum Gasteiger partial charge on any atom is -0.368 e. The van der Waals surface area contributed by atoms with Crippen molar-refractivity contribution in [3.63, 3.8) is 0 Å². The fourth-order valence-corrected chi connectivity index (χ4v) is 6.31. The highest BCUT2D eigenvalue weighted by atomic mass is 28.3. The Balaban J connectivity index is 5.07. The monoisotopic (exact) mass is 283 g/mol. The summed E-state index contributed by atoms with van der Waals surface area (Å²) >= 11 is 0. The van der Waals surface area contributed by atoms with E-state index in [1.807, 2.05) is 0 Å². The molecule has 114 valence electrons. The van der Waals surface area contributed by atoms with Crippen molar-refractivity contribution in [1.29, 1.82) is 0 Å². The van der Waals surface area contributed by atoms with Crippen molar-refractivity contribution in [2.75, 3.05) is 0 Å². The highest BCUT2D eigenvalue weighted by molar-refractivity contribution is 6.77. The van der Waals surface area contributed by atoms with Crippen LogP contribution < -0.4 is 0 Å². The smallest absolute Gasteiger partial charge is 0.0514 e. The highest BCUT2D eigenvalue weighted by Gasteiger charge is 2.29. The molecule has 1 nitrogen and oxygen atoms in total. The van der Waals surface area contributed by atoms with E-state index in [0.717, 1.165) is 0 Å². The molecule has 0 N–H and O–H groups in total. The van der Waals surface area contributed by atoms with Crippen LogP contribution in [-0.2, 0) is 0 Å². The average molecular weight is 284 g/mol. The predicted octanol–water partition coefficient (Wildman–Crippen LogP) is 5.91. The number of hydrogen-bond acceptors (Lipinski definition) is 1. The molecule has 19 heavy (non-hydrogen) atoms. The molecule has 0 saturated heterocycles. The second kappa shape index (κ2) is 6.47. The van der Waals surface area contributed by atoms with E-state index >= 15 is 0 Å². The first-order valence-electron chi connectivity index (χ1n) is 7.76. The highest BCUT2D eigenvalue weighted by Crippen LogP contribution is 2.28. The van der Waals surface area contributed by atoms with Crippen LogP contribution in [0.3, 0.4) is 0 Å². The number of hydrogen-bond donors (Lipinski definition) is 0. The molecule has 0 amide bonds. The van der Waals surface area contributed by atoms with Gasteiger partial charge >= 0.3 is 0 Å². The van der Waals surface area contributed by atoms with E-state index in [4.69, 9.17) is 0 Å². The van der Waals surface area contributed by atoms with Gasteiger partial charge in [-0.1, -0.05) is 38.1 Å². The van der Waals surface area contributed by atoms with Gasteiger partial charge in [0, 0.05) is 11.1 Å². The summed E-state index contributed by atoms with van der Waals surface area (Å²) in [7, 11) is -1.05. The maximum Gasteiger partial charge on any atom is 0.0514 e. The molecule has 0 rings (SSSR count). The van der Waals surface area contributed by atoms with E-state index in [1.54, 1.807) is 5.57 Å². The van der Waals surface area contributed by atoms with Crippen LogP contribution in [0.25, 0.3) is 0 Å². The van der Waals surface area contributed by atoms with E-state index in [0.29, 0.717) is 0 Å². The summed E-state index contributed by atoms with van der Waals surface area (Å²) in [6, 6.07) is 2.76. The molecular weight excluding hydrogens is 246 g/mol. The van der Waals surface area contributed by atoms with Crippen molar-refractivity contribution in [2.24, 2.45) is 0 Å². The Morgan fingerprint density at radius 3 is 1.74 bits per heavy atom. The van der Waals surface area contributed by atoms with Gasteiger partial charge < -0.3 is 4.90 Å². The summed E-state index contributed by atoms with van der Waals surface area (Å²) in [6.07, 6.45) is 3.75. The first-order valence-corrected chi connectivity index (χ1v) is 11.2. The fourth-order valence-electron chi connectivity index (χ4n) is 3.18. The molecule has 0 aliphatic heterocycles. The third kappa shape index (κ3) is 7.19. The fraction of sp³-hybridized carbons (Fsp3) is 0.882. The molecule has 0 aromatic rings. The van der Waals surface area contributed by atoms with Crippen LogP contribution in [-0.4, -0.2) is 24.1 Å². The van der Waals surface area contributed by atoms with Crippen LogP contribution in [0.1, 0.15) is 61.8 Å². The van der Waals surface area contributed by atoms with Crippen LogP contribution in [0.2, 0.25) is 25.2 Å². The Morgan fingerprint density at radius 2 is 1.42 bits per heavy atom. The molecule has 0 heterocycles. The Labute approximate surface area is 123 Å². The van der Waals surface area contributed by atoms with E-state index in [9.17, 15) is 0 Å². The third-order valence-electron chi connectivity index (χ3n) is 3.48. The molecule has 0 aliphatic carbocycles. The molecule has 0 saturated carbocycles. The van der Waals surface area contributed by atoms with Gasteiger partial charge in [0.1, 0.15) is 0 Å². The molecule has 0 radical (unpaired) electrons. The molecule has 0 aromatic heterocycles. The molecule has 0 bridgehead atoms. The van der Waals surface area contributed by atoms with Gasteiger partial charge in [-0.25, -0.2) is 0 Å². The Hall–Kier alpha value is -0.243. The lowest BCUT2D eigenvalue weighted by molar-refractivity contribution is 0.0949. The Bertz CT molecular complexity index is 288. The van der Waals surface area contributed by atoms with Gasteiger partial charge in [-0.3, -0.25) is 0 Å². The van der Waals surface area contributed by atoms with Gasteiger partial charge in [0.25, 0.3) is 0 Å². The summed E-state index contributed by atoms with van der Waals surface area (Å²) in [5.74, 6) is 0. The van der Waals surface area contributed by atoms with Gasteiger partial charge in [-0.2, -0.15) is 0 Å². The molecular formula is C17H37NSi. The number of allylic oxidation sites excluding steroid dienone is 1. The molecule has 0 atom stereocenters. The van der Waals surface area contributed by atoms with Crippen LogP contribution in [0.4, 0.5) is 0 Å². The second-order valence-electron chi connectivity index (χ2n) is 8.78. The first kappa shape index (κ1) is 18.8. The van der Waals surface area contributed by atoms with Crippen molar-refractivity contribution in [2.45, 2.75) is 98.1 Å². The molecule has 0 unspecified atom stereocenters. The summed E-state index contributed by atoms with van der Waals surface area (Å²) < 4.78 is 0. The Kier molecular flexibility index (Phi) is 6.39. The zero-order valence-electron chi connectivity index (χ0n) is 15.1. The van der Waals surface area contributed by atoms with Crippen LogP contribution >= 0.6 is 0 Å². The van der Waals surface area contributed by atoms with Gasteiger partial charge in [-0.15, -0.1) is 0 Å². The largest absolute Gasteiger partial charge is 0.368 e. The van der Waals surface area contributed by atoms with Gasteiger partial charge in [0.05, 0.1) is 8.07 Å². The van der Waals surface area contributed by atoms with E-state index in [-0.39, 0.29) is 11.1 Å². The van der Waals surface area contributed by atoms with Crippen LogP contribution in [0, 0.1) is 0 Å². The van der Waals surface area contributed by atoms with Gasteiger partial charge in [0.2, 0.25) is 0 Å². The topological polar surface area (TPSA) is 3.24 Å². The summed E-state index contributed by atoms with van der Waals surface area (Å²) in [4.78, 5) is 2.52. The minimum absolute atomic E-state index is 0.177. The van der Waals surface area contributed by atoms with Crippen molar-refractivity contribution >= 4 is 8.07 Å². The lowest BCUT2D eigenvalue weighted by Crippen LogP contribution is -2.49. The minimum atomic E-state index is -1.05. The van der Waals surface area contributed by atoms with Crippen molar-refractivity contribution in [3.05, 3.63) is 11.8 Å². The van der Waals surface area contributed by atoms with Crippen molar-refractivity contribution in [3.8, 4) is 0 Å². The maximum atomic E-state index is 2.52. The number of rotatable bonds is 5. The standard InChI is InChI=1S/C17H37NSi/c1-11-12-19(9,10)14-15(2)13-18(16(3,4)5)17(6,7)8/h13H,11-12,14H2,1-10H3. The predicted molar refractivity (Wildman–Crippen MR) is 92.5 cm³/mol. The lowest BCUT2D eigenvalue weighted by atomic mass is 9.96. The zero-order valence-corrected chi connectivity index (χ0v) is 16.1.